The Balaban J connectivity index is 1.27. The highest BCUT2D eigenvalue weighted by Crippen LogP contribution is 2.45. The predicted octanol–water partition coefficient (Wildman–Crippen LogP) is 5.60. The van der Waals surface area contributed by atoms with Gasteiger partial charge in [-0.2, -0.15) is 0 Å². The second kappa shape index (κ2) is 11.1. The van der Waals surface area contributed by atoms with Crippen LogP contribution in [0.15, 0.2) is 84.9 Å². The Bertz CT molecular complexity index is 1230. The first kappa shape index (κ1) is 21.8. The minimum atomic E-state index is -1.11. The smallest absolute Gasteiger partial charge is 0.338 e. The van der Waals surface area contributed by atoms with Crippen LogP contribution in [0.1, 0.15) is 50.7 Å². The van der Waals surface area contributed by atoms with Gasteiger partial charge in [0.25, 0.3) is 0 Å². The second-order valence-corrected chi connectivity index (χ2v) is 9.57. The largest absolute Gasteiger partial charge is 0.462 e. The molecule has 0 radical (unpaired) electrons. The number of carbonyl (C=O) groups excluding carboxylic acids is 2. The number of fused-ring (bicyclic) bond motifs is 1. The number of carbonyl (C=O) groups is 2. The fourth-order valence-corrected chi connectivity index (χ4v) is 5.24. The molecule has 1 aliphatic carbocycles. The van der Waals surface area contributed by atoms with Gasteiger partial charge >= 0.3 is 11.9 Å². The van der Waals surface area contributed by atoms with Gasteiger partial charge in [-0.05, 0) is 54.5 Å². The van der Waals surface area contributed by atoms with Crippen LogP contribution < -0.4 is 0 Å². The maximum atomic E-state index is 13.1. The zero-order valence-electron chi connectivity index (χ0n) is 22.0. The summed E-state index contributed by atoms with van der Waals surface area (Å²) in [6.45, 7) is 0. The second-order valence-electron chi connectivity index (χ2n) is 9.57. The van der Waals surface area contributed by atoms with E-state index < -0.39 is 43.0 Å². The highest BCUT2D eigenvalue weighted by Gasteiger charge is 2.51. The summed E-state index contributed by atoms with van der Waals surface area (Å²) in [7, 11) is 0. The fraction of sp³-hybridized carbons (Fsp3) is 0.355. The summed E-state index contributed by atoms with van der Waals surface area (Å²) in [5.41, 5.74) is 3.47. The molecule has 2 fully saturated rings. The van der Waals surface area contributed by atoms with Crippen LogP contribution in [0.4, 0.5) is 0 Å². The quantitative estimate of drug-likeness (QED) is 0.398. The summed E-state index contributed by atoms with van der Waals surface area (Å²) in [5, 5.41) is 10.8. The lowest BCUT2D eigenvalue weighted by Crippen LogP contribution is -2.27. The molecule has 186 valence electrons. The molecule has 1 N–H and O–H groups in total. The number of aliphatic hydroxyl groups excluding tert-OH is 1. The Kier molecular flexibility index (Phi) is 6.72. The van der Waals surface area contributed by atoms with Crippen LogP contribution in [0.3, 0.4) is 0 Å². The fourth-order valence-electron chi connectivity index (χ4n) is 5.24. The van der Waals surface area contributed by atoms with E-state index in [1.807, 2.05) is 72.8 Å². The summed E-state index contributed by atoms with van der Waals surface area (Å²) in [4.78, 5) is 25.1. The number of aryl methyl sites for hydroxylation is 1. The normalized spacial score (nSPS) is 26.2. The molecular formula is C31H32O5. The molecule has 1 saturated heterocycles. The van der Waals surface area contributed by atoms with E-state index in [0.29, 0.717) is 24.8 Å². The number of rotatable bonds is 9. The Morgan fingerprint density at radius 3 is 2.39 bits per heavy atom. The summed E-state index contributed by atoms with van der Waals surface area (Å²) in [6.07, 6.45) is -2.89. The van der Waals surface area contributed by atoms with E-state index in [2.05, 4.69) is 0 Å². The summed E-state index contributed by atoms with van der Waals surface area (Å²) < 4.78 is 28.9. The molecule has 0 bridgehead atoms. The molecule has 5 rings (SSSR count). The first-order valence-corrected chi connectivity index (χ1v) is 12.5. The van der Waals surface area contributed by atoms with Crippen molar-refractivity contribution in [2.24, 2.45) is 11.8 Å². The summed E-state index contributed by atoms with van der Waals surface area (Å²) >= 11 is 0. The first-order valence-electron chi connectivity index (χ1n) is 13.7. The lowest BCUT2D eigenvalue weighted by Gasteiger charge is -2.24. The van der Waals surface area contributed by atoms with Gasteiger partial charge in [0.2, 0.25) is 0 Å². The maximum absolute atomic E-state index is 13.1. The predicted molar refractivity (Wildman–Crippen MR) is 137 cm³/mol. The maximum Gasteiger partial charge on any atom is 0.338 e. The van der Waals surface area contributed by atoms with Gasteiger partial charge in [-0.1, -0.05) is 72.8 Å². The van der Waals surface area contributed by atoms with Crippen molar-refractivity contribution in [2.45, 2.75) is 56.8 Å². The minimum absolute atomic E-state index is 0.136. The van der Waals surface area contributed by atoms with Crippen molar-refractivity contribution in [1.82, 2.24) is 0 Å². The molecule has 0 amide bonds. The number of hydrogen-bond acceptors (Lipinski definition) is 5. The molecule has 1 aliphatic heterocycles. The van der Waals surface area contributed by atoms with Gasteiger partial charge in [0.15, 0.2) is 0 Å². The topological polar surface area (TPSA) is 72.8 Å². The number of hydrogen-bond donors (Lipinski definition) is 1. The lowest BCUT2D eigenvalue weighted by molar-refractivity contribution is -0.141. The Hall–Kier alpha value is -3.44. The number of ether oxygens (including phenoxy) is 2. The Morgan fingerprint density at radius 2 is 1.67 bits per heavy atom. The zero-order chi connectivity index (χ0) is 26.6. The van der Waals surface area contributed by atoms with Crippen molar-refractivity contribution in [3.8, 4) is 11.1 Å². The van der Waals surface area contributed by atoms with Crippen molar-refractivity contribution < 1.29 is 26.9 Å². The van der Waals surface area contributed by atoms with Crippen LogP contribution in [0, 0.1) is 11.8 Å². The van der Waals surface area contributed by atoms with E-state index in [1.54, 1.807) is 12.1 Å². The molecule has 0 aromatic heterocycles. The van der Waals surface area contributed by atoms with E-state index >= 15 is 0 Å². The van der Waals surface area contributed by atoms with Crippen LogP contribution in [-0.2, 0) is 20.7 Å². The van der Waals surface area contributed by atoms with E-state index in [9.17, 15) is 14.7 Å². The van der Waals surface area contributed by atoms with Gasteiger partial charge in [-0.15, -0.1) is 0 Å². The molecular weight excluding hydrogens is 452 g/mol. The molecule has 5 heteroatoms. The van der Waals surface area contributed by atoms with Gasteiger partial charge in [0, 0.05) is 21.0 Å². The molecule has 36 heavy (non-hydrogen) atoms. The van der Waals surface area contributed by atoms with Crippen molar-refractivity contribution in [1.29, 1.82) is 0 Å². The number of aliphatic hydroxyl groups is 1. The average molecular weight is 487 g/mol. The monoisotopic (exact) mass is 486 g/mol. The van der Waals surface area contributed by atoms with Gasteiger partial charge in [-0.3, -0.25) is 4.79 Å². The number of benzene rings is 3. The van der Waals surface area contributed by atoms with Gasteiger partial charge in [-0.25, -0.2) is 4.79 Å². The molecule has 2 unspecified atom stereocenters. The molecule has 7 atom stereocenters. The lowest BCUT2D eigenvalue weighted by atomic mass is 9.86. The first-order chi connectivity index (χ1) is 18.4. The summed E-state index contributed by atoms with van der Waals surface area (Å²) in [6, 6.07) is 26.7. The Labute approximate surface area is 214 Å². The van der Waals surface area contributed by atoms with Crippen LogP contribution in [0.5, 0.6) is 0 Å². The number of esters is 2. The van der Waals surface area contributed by atoms with E-state index in [0.717, 1.165) is 16.7 Å². The van der Waals surface area contributed by atoms with Crippen LogP contribution in [0.25, 0.3) is 11.1 Å². The molecule has 2 aliphatic rings. The average Bonchev–Trinajstić information content (AvgIpc) is 3.46. The van der Waals surface area contributed by atoms with Crippen molar-refractivity contribution in [2.75, 3.05) is 0 Å². The van der Waals surface area contributed by atoms with Gasteiger partial charge in [0.05, 0.1) is 18.1 Å². The molecule has 1 heterocycles. The summed E-state index contributed by atoms with van der Waals surface area (Å²) in [5.74, 6) is -1.72. The van der Waals surface area contributed by atoms with E-state index in [-0.39, 0.29) is 18.3 Å². The van der Waals surface area contributed by atoms with Crippen LogP contribution in [0.2, 0.25) is 0 Å². The van der Waals surface area contributed by atoms with E-state index in [4.69, 9.17) is 12.2 Å². The standard InChI is InChI=1S/C31H32O5/c32-25(16-11-21-7-3-1-4-8-21)17-18-26-27-19-30(33)35-29(27)20-28(26)36-31(34)24-14-12-23(13-15-24)22-9-5-2-6-10-22/h1-10,12-15,25-29,32H,11,16-20H2/t25-,26+,27+,28+,29-/m0/s1/i17D,18D/t17?,18?,25-,26+,27+,28+,29-. The molecule has 5 nitrogen and oxygen atoms in total. The van der Waals surface area contributed by atoms with Crippen molar-refractivity contribution in [3.05, 3.63) is 96.1 Å². The zero-order valence-corrected chi connectivity index (χ0v) is 20.0. The highest BCUT2D eigenvalue weighted by atomic mass is 16.6. The molecule has 1 saturated carbocycles. The van der Waals surface area contributed by atoms with Crippen LogP contribution >= 0.6 is 0 Å². The third-order valence-electron chi connectivity index (χ3n) is 7.16. The van der Waals surface area contributed by atoms with Crippen LogP contribution in [-0.4, -0.2) is 35.4 Å². The Morgan fingerprint density at radius 1 is 1.00 bits per heavy atom. The molecule has 0 spiro atoms. The highest BCUT2D eigenvalue weighted by molar-refractivity contribution is 5.90. The van der Waals surface area contributed by atoms with Gasteiger partial charge in [0.1, 0.15) is 12.2 Å². The third kappa shape index (κ3) is 5.68. The van der Waals surface area contributed by atoms with E-state index in [1.165, 1.54) is 0 Å². The van der Waals surface area contributed by atoms with Crippen molar-refractivity contribution >= 4 is 11.9 Å². The SMILES string of the molecule is [2H]C(C([2H])[C@@H](O)CCc1ccccc1)[C@@H]1[C@H]2CC(=O)O[C@H]2C[C@H]1OC(=O)c1ccc(-c2ccccc2)cc1. The molecule has 3 aromatic carbocycles. The third-order valence-corrected chi connectivity index (χ3v) is 7.16. The van der Waals surface area contributed by atoms with Gasteiger partial charge < -0.3 is 14.6 Å². The minimum Gasteiger partial charge on any atom is -0.462 e. The molecule has 3 aromatic rings. The van der Waals surface area contributed by atoms with Crippen molar-refractivity contribution in [3.63, 3.8) is 0 Å².